The maximum absolute atomic E-state index is 6.15. The molecule has 0 radical (unpaired) electrons. The molecule has 0 bridgehead atoms. The van der Waals surface area contributed by atoms with E-state index < -0.39 is 0 Å². The van der Waals surface area contributed by atoms with E-state index in [0.717, 1.165) is 6.42 Å². The Morgan fingerprint density at radius 2 is 2.31 bits per heavy atom. The van der Waals surface area contributed by atoms with Gasteiger partial charge in [-0.05, 0) is 17.4 Å². The van der Waals surface area contributed by atoms with Crippen molar-refractivity contribution in [2.45, 2.75) is 36.6 Å². The summed E-state index contributed by atoms with van der Waals surface area (Å²) in [6, 6.07) is 0. The molecule has 1 unspecified atom stereocenters. The number of ether oxygens (including phenoxy) is 1. The smallest absolute Gasteiger partial charge is 0.0812 e. The van der Waals surface area contributed by atoms with Gasteiger partial charge in [0, 0.05) is 4.83 Å². The summed E-state index contributed by atoms with van der Waals surface area (Å²) in [5.41, 5.74) is 1.49. The molecule has 1 fully saturated rings. The molecule has 0 amide bonds. The predicted octanol–water partition coefficient (Wildman–Crippen LogP) is 3.11. The minimum atomic E-state index is 0.101. The number of rotatable bonds is 0. The minimum Gasteiger partial charge on any atom is -0.372 e. The lowest BCUT2D eigenvalue weighted by Crippen LogP contribution is -2.33. The maximum Gasteiger partial charge on any atom is 0.0812 e. The van der Waals surface area contributed by atoms with Crippen molar-refractivity contribution in [3.63, 3.8) is 0 Å². The van der Waals surface area contributed by atoms with Gasteiger partial charge in [-0.15, -0.1) is 11.6 Å². The first-order valence-corrected chi connectivity index (χ1v) is 5.98. The molecule has 13 heavy (non-hydrogen) atoms. The van der Waals surface area contributed by atoms with Crippen LogP contribution in [0.3, 0.4) is 0 Å². The van der Waals surface area contributed by atoms with E-state index in [1.54, 1.807) is 0 Å². The fourth-order valence-electron chi connectivity index (χ4n) is 1.99. The monoisotopic (exact) mass is 264 g/mol. The average Bonchev–Trinajstić information content (AvgIpc) is 2.34. The molecule has 2 aliphatic rings. The summed E-state index contributed by atoms with van der Waals surface area (Å²) in [4.78, 5) is 0.496. The highest BCUT2D eigenvalue weighted by molar-refractivity contribution is 9.09. The molecule has 1 nitrogen and oxygen atoms in total. The Labute approximate surface area is 92.6 Å². The van der Waals surface area contributed by atoms with Crippen LogP contribution in [0.25, 0.3) is 0 Å². The molecule has 0 spiro atoms. The lowest BCUT2D eigenvalue weighted by atomic mass is 9.78. The van der Waals surface area contributed by atoms with Crippen LogP contribution in [0.4, 0.5) is 0 Å². The number of hydrogen-bond acceptors (Lipinski definition) is 1. The van der Waals surface area contributed by atoms with Gasteiger partial charge in [0.1, 0.15) is 0 Å². The molecule has 2 rings (SSSR count). The molecule has 0 saturated carbocycles. The highest BCUT2D eigenvalue weighted by atomic mass is 79.9. The molecule has 1 aliphatic carbocycles. The van der Waals surface area contributed by atoms with Crippen molar-refractivity contribution in [2.75, 3.05) is 6.61 Å². The van der Waals surface area contributed by atoms with Gasteiger partial charge in [0.25, 0.3) is 0 Å². The third-order valence-electron chi connectivity index (χ3n) is 2.94. The summed E-state index contributed by atoms with van der Waals surface area (Å²) < 4.78 is 5.60. The number of halogens is 2. The van der Waals surface area contributed by atoms with E-state index in [1.165, 1.54) is 5.57 Å². The highest BCUT2D eigenvalue weighted by Crippen LogP contribution is 2.43. The Morgan fingerprint density at radius 3 is 3.00 bits per heavy atom. The SMILES string of the molecule is CC1(C)C=C2C(Cl)CO[C@H]2C[C@H]1Br. The van der Waals surface area contributed by atoms with Crippen molar-refractivity contribution in [1.29, 1.82) is 0 Å². The normalized spacial score (nSPS) is 42.8. The van der Waals surface area contributed by atoms with Crippen molar-refractivity contribution in [2.24, 2.45) is 5.41 Å². The second-order valence-corrected chi connectivity index (χ2v) is 6.09. The van der Waals surface area contributed by atoms with Gasteiger partial charge < -0.3 is 4.74 Å². The second kappa shape index (κ2) is 3.25. The zero-order valence-corrected chi connectivity index (χ0v) is 10.2. The lowest BCUT2D eigenvalue weighted by Gasteiger charge is -2.35. The molecule has 1 heterocycles. The molecule has 3 atom stereocenters. The molecular weight excluding hydrogens is 251 g/mol. The van der Waals surface area contributed by atoms with Crippen LogP contribution in [-0.4, -0.2) is 22.9 Å². The van der Waals surface area contributed by atoms with Gasteiger partial charge in [-0.3, -0.25) is 0 Å². The van der Waals surface area contributed by atoms with E-state index in [-0.39, 0.29) is 16.9 Å². The van der Waals surface area contributed by atoms with Crippen LogP contribution in [0, 0.1) is 5.41 Å². The number of alkyl halides is 2. The third kappa shape index (κ3) is 1.69. The summed E-state index contributed by atoms with van der Waals surface area (Å²) >= 11 is 9.85. The van der Waals surface area contributed by atoms with Crippen molar-refractivity contribution >= 4 is 27.5 Å². The van der Waals surface area contributed by atoms with Crippen LogP contribution in [0.2, 0.25) is 0 Å². The van der Waals surface area contributed by atoms with Crippen molar-refractivity contribution in [3.05, 3.63) is 11.6 Å². The van der Waals surface area contributed by atoms with Crippen LogP contribution in [-0.2, 0) is 4.74 Å². The Bertz CT molecular complexity index is 249. The van der Waals surface area contributed by atoms with E-state index in [2.05, 4.69) is 35.9 Å². The van der Waals surface area contributed by atoms with Crippen LogP contribution in [0.1, 0.15) is 20.3 Å². The molecule has 3 heteroatoms. The first-order valence-electron chi connectivity index (χ1n) is 4.63. The fourth-order valence-corrected chi connectivity index (χ4v) is 2.74. The van der Waals surface area contributed by atoms with E-state index in [0.29, 0.717) is 11.4 Å². The molecule has 0 N–H and O–H groups in total. The van der Waals surface area contributed by atoms with E-state index in [9.17, 15) is 0 Å². The zero-order chi connectivity index (χ0) is 9.64. The summed E-state index contributed by atoms with van der Waals surface area (Å²) in [5, 5.41) is 0.101. The van der Waals surface area contributed by atoms with Gasteiger partial charge in [0.05, 0.1) is 18.1 Å². The molecule has 0 aromatic rings. The topological polar surface area (TPSA) is 9.23 Å². The molecular formula is C10H14BrClO. The summed E-state index contributed by atoms with van der Waals surface area (Å²) in [6.07, 6.45) is 3.59. The summed E-state index contributed by atoms with van der Waals surface area (Å²) in [6.45, 7) is 5.14. The van der Waals surface area contributed by atoms with Gasteiger partial charge in [0.15, 0.2) is 0 Å². The quantitative estimate of drug-likeness (QED) is 0.483. The van der Waals surface area contributed by atoms with E-state index in [4.69, 9.17) is 16.3 Å². The lowest BCUT2D eigenvalue weighted by molar-refractivity contribution is 0.107. The van der Waals surface area contributed by atoms with Crippen LogP contribution >= 0.6 is 27.5 Å². The standard InChI is InChI=1S/C10H14BrClO/c1-10(2)4-6-7(12)5-13-8(6)3-9(10)11/h4,7-9H,3,5H2,1-2H3/t7?,8-,9+/m0/s1. The fraction of sp³-hybridized carbons (Fsp3) is 0.800. The van der Waals surface area contributed by atoms with Gasteiger partial charge in [0.2, 0.25) is 0 Å². The minimum absolute atomic E-state index is 0.101. The second-order valence-electron chi connectivity index (χ2n) is 4.46. The van der Waals surface area contributed by atoms with Gasteiger partial charge in [-0.2, -0.15) is 0 Å². The molecule has 0 aromatic heterocycles. The van der Waals surface area contributed by atoms with E-state index >= 15 is 0 Å². The Morgan fingerprint density at radius 1 is 1.62 bits per heavy atom. The van der Waals surface area contributed by atoms with Crippen LogP contribution < -0.4 is 0 Å². The van der Waals surface area contributed by atoms with Crippen molar-refractivity contribution in [3.8, 4) is 0 Å². The van der Waals surface area contributed by atoms with Gasteiger partial charge >= 0.3 is 0 Å². The number of hydrogen-bond donors (Lipinski definition) is 0. The van der Waals surface area contributed by atoms with E-state index in [1.807, 2.05) is 0 Å². The molecule has 74 valence electrons. The zero-order valence-electron chi connectivity index (χ0n) is 7.89. The molecule has 1 aliphatic heterocycles. The molecule has 1 saturated heterocycles. The summed E-state index contributed by atoms with van der Waals surface area (Å²) in [7, 11) is 0. The first kappa shape index (κ1) is 10.0. The van der Waals surface area contributed by atoms with Gasteiger partial charge in [-0.25, -0.2) is 0 Å². The van der Waals surface area contributed by atoms with Crippen LogP contribution in [0.5, 0.6) is 0 Å². The summed E-state index contributed by atoms with van der Waals surface area (Å²) in [5.74, 6) is 0. The van der Waals surface area contributed by atoms with Crippen molar-refractivity contribution in [1.82, 2.24) is 0 Å². The Balaban J connectivity index is 2.31. The Hall–Kier alpha value is 0.470. The number of allylic oxidation sites excluding steroid dienone is 1. The maximum atomic E-state index is 6.15. The van der Waals surface area contributed by atoms with Crippen molar-refractivity contribution < 1.29 is 4.74 Å². The van der Waals surface area contributed by atoms with Gasteiger partial charge in [-0.1, -0.05) is 35.9 Å². The largest absolute Gasteiger partial charge is 0.372 e. The van der Waals surface area contributed by atoms with Crippen LogP contribution in [0.15, 0.2) is 11.6 Å². The number of fused-ring (bicyclic) bond motifs is 1. The Kier molecular flexibility index (Phi) is 2.50. The third-order valence-corrected chi connectivity index (χ3v) is 4.88. The average molecular weight is 266 g/mol. The molecule has 0 aromatic carbocycles. The predicted molar refractivity (Wildman–Crippen MR) is 58.6 cm³/mol. The first-order chi connectivity index (χ1) is 6.00. The highest BCUT2D eigenvalue weighted by Gasteiger charge is 2.40.